The van der Waals surface area contributed by atoms with Crippen molar-refractivity contribution in [2.45, 2.75) is 18.1 Å². The van der Waals surface area contributed by atoms with Crippen molar-refractivity contribution >= 4 is 0 Å². The summed E-state index contributed by atoms with van der Waals surface area (Å²) in [6.45, 7) is 0. The fraction of sp³-hybridized carbons (Fsp3) is 0.130. The number of benzene rings is 2. The molecule has 0 aliphatic carbocycles. The maximum Gasteiger partial charge on any atom is 0.229 e. The first kappa shape index (κ1) is 22.9. The van der Waals surface area contributed by atoms with E-state index in [0.29, 0.717) is 22.1 Å². The van der Waals surface area contributed by atoms with Crippen molar-refractivity contribution in [3.05, 3.63) is 102 Å². The maximum atomic E-state index is 15.7. The highest BCUT2D eigenvalue weighted by Crippen LogP contribution is 2.47. The van der Waals surface area contributed by atoms with Crippen LogP contribution in [0.3, 0.4) is 0 Å². The van der Waals surface area contributed by atoms with Crippen molar-refractivity contribution in [3.8, 4) is 17.6 Å². The lowest BCUT2D eigenvalue weighted by molar-refractivity contribution is -0.136. The van der Waals surface area contributed by atoms with Gasteiger partial charge in [0.15, 0.2) is 11.8 Å². The molecule has 0 aliphatic rings. The largest absolute Gasteiger partial charge is 0.456 e. The van der Waals surface area contributed by atoms with Gasteiger partial charge >= 0.3 is 0 Å². The molecule has 0 amide bonds. The summed E-state index contributed by atoms with van der Waals surface area (Å²) in [5.41, 5.74) is -4.01. The molecule has 4 aromatic rings. The van der Waals surface area contributed by atoms with E-state index < -0.39 is 41.0 Å². The molecule has 34 heavy (non-hydrogen) atoms. The summed E-state index contributed by atoms with van der Waals surface area (Å²) < 4.78 is 65.1. The summed E-state index contributed by atoms with van der Waals surface area (Å²) in [7, 11) is 0. The molecule has 0 fully saturated rings. The van der Waals surface area contributed by atoms with E-state index in [1.807, 2.05) is 6.07 Å². The second kappa shape index (κ2) is 9.29. The summed E-state index contributed by atoms with van der Waals surface area (Å²) in [5.74, 6) is -1.78. The van der Waals surface area contributed by atoms with Gasteiger partial charge in [-0.2, -0.15) is 10.4 Å². The van der Waals surface area contributed by atoms with Crippen LogP contribution in [0, 0.1) is 23.0 Å². The molecule has 172 valence electrons. The third-order valence-electron chi connectivity index (χ3n) is 5.02. The number of hydrogen-bond donors (Lipinski definition) is 1. The van der Waals surface area contributed by atoms with Crippen molar-refractivity contribution in [2.75, 3.05) is 0 Å². The highest BCUT2D eigenvalue weighted by atomic mass is 19.2. The molecule has 4 rings (SSSR count). The first-order chi connectivity index (χ1) is 16.3. The summed E-state index contributed by atoms with van der Waals surface area (Å²) in [4.78, 5) is 7.45. The predicted molar refractivity (Wildman–Crippen MR) is 110 cm³/mol. The number of alkyl halides is 2. The second-order valence-corrected chi connectivity index (χ2v) is 7.18. The van der Waals surface area contributed by atoms with Crippen molar-refractivity contribution in [2.24, 2.45) is 0 Å². The smallest absolute Gasteiger partial charge is 0.229 e. The van der Waals surface area contributed by atoms with Crippen molar-refractivity contribution in [3.63, 3.8) is 0 Å². The van der Waals surface area contributed by atoms with E-state index in [9.17, 15) is 13.9 Å². The van der Waals surface area contributed by atoms with Gasteiger partial charge in [-0.05, 0) is 48.5 Å². The number of aromatic nitrogens is 4. The minimum absolute atomic E-state index is 0.185. The normalized spacial score (nSPS) is 14.6. The second-order valence-electron chi connectivity index (χ2n) is 7.18. The fourth-order valence-electron chi connectivity index (χ4n) is 3.30. The van der Waals surface area contributed by atoms with E-state index in [-0.39, 0.29) is 5.75 Å². The lowest BCUT2D eigenvalue weighted by atomic mass is 9.85. The van der Waals surface area contributed by atoms with Crippen molar-refractivity contribution in [1.82, 2.24) is 19.7 Å². The minimum atomic E-state index is -3.17. The van der Waals surface area contributed by atoms with Crippen LogP contribution in [0.5, 0.6) is 11.5 Å². The number of hydrogen-bond acceptors (Lipinski definition) is 6. The van der Waals surface area contributed by atoms with Gasteiger partial charge in [0.1, 0.15) is 35.8 Å². The highest BCUT2D eigenvalue weighted by Gasteiger charge is 2.51. The van der Waals surface area contributed by atoms with Crippen LogP contribution in [-0.2, 0) is 5.60 Å². The van der Waals surface area contributed by atoms with E-state index in [1.165, 1.54) is 18.2 Å². The number of rotatable bonds is 7. The minimum Gasteiger partial charge on any atom is -0.456 e. The third kappa shape index (κ3) is 4.31. The lowest BCUT2D eigenvalue weighted by Crippen LogP contribution is -2.40. The van der Waals surface area contributed by atoms with Gasteiger partial charge < -0.3 is 9.84 Å². The Morgan fingerprint density at radius 1 is 1.03 bits per heavy atom. The Morgan fingerprint density at radius 2 is 1.76 bits per heavy atom. The molecule has 2 aromatic heterocycles. The standard InChI is InChI=1S/C23H15F4N5O2/c24-15-3-7-18(19(25)9-15)23(33,22(27)32-13-29-12-31-32)21(26)20-8-6-17(11-30-20)34-16-4-1-14(10-28)2-5-16/h1-9,11-13,21-22,33H. The zero-order valence-electron chi connectivity index (χ0n) is 17.2. The monoisotopic (exact) mass is 469 g/mol. The Labute approximate surface area is 190 Å². The average Bonchev–Trinajstić information content (AvgIpc) is 3.38. The summed E-state index contributed by atoms with van der Waals surface area (Å²) in [6.07, 6.45) is -2.28. The number of nitrogens with zero attached hydrogens (tertiary/aromatic N) is 5. The number of ether oxygens (including phenoxy) is 1. The predicted octanol–water partition coefficient (Wildman–Crippen LogP) is 4.68. The summed E-state index contributed by atoms with van der Waals surface area (Å²) in [6, 6.07) is 12.5. The van der Waals surface area contributed by atoms with Crippen LogP contribution in [0.25, 0.3) is 0 Å². The Kier molecular flexibility index (Phi) is 6.25. The molecule has 0 aliphatic heterocycles. The Balaban J connectivity index is 1.67. The molecule has 1 N–H and O–H groups in total. The molecule has 11 heteroatoms. The molecular weight excluding hydrogens is 454 g/mol. The van der Waals surface area contributed by atoms with E-state index >= 15 is 8.78 Å². The van der Waals surface area contributed by atoms with Crippen LogP contribution in [0.1, 0.15) is 29.3 Å². The topological polar surface area (TPSA) is 96.8 Å². The van der Waals surface area contributed by atoms with Gasteiger partial charge in [-0.1, -0.05) is 0 Å². The molecule has 2 aromatic carbocycles. The van der Waals surface area contributed by atoms with Crippen molar-refractivity contribution in [1.29, 1.82) is 5.26 Å². The lowest BCUT2D eigenvalue weighted by Gasteiger charge is -2.34. The average molecular weight is 469 g/mol. The molecule has 0 saturated heterocycles. The highest BCUT2D eigenvalue weighted by molar-refractivity contribution is 5.37. The van der Waals surface area contributed by atoms with Gasteiger partial charge in [-0.25, -0.2) is 27.2 Å². The van der Waals surface area contributed by atoms with Crippen LogP contribution < -0.4 is 4.74 Å². The zero-order chi connectivity index (χ0) is 24.3. The third-order valence-corrected chi connectivity index (χ3v) is 5.02. The molecule has 2 heterocycles. The summed E-state index contributed by atoms with van der Waals surface area (Å²) in [5, 5.41) is 23.6. The molecule has 0 saturated carbocycles. The van der Waals surface area contributed by atoms with Crippen LogP contribution in [0.4, 0.5) is 17.6 Å². The van der Waals surface area contributed by atoms with E-state index in [1.54, 1.807) is 12.1 Å². The van der Waals surface area contributed by atoms with Crippen LogP contribution in [0.15, 0.2) is 73.4 Å². The molecule has 0 bridgehead atoms. The Bertz CT molecular complexity index is 1310. The van der Waals surface area contributed by atoms with E-state index in [0.717, 1.165) is 37.1 Å². The first-order valence-electron chi connectivity index (χ1n) is 9.77. The van der Waals surface area contributed by atoms with E-state index in [4.69, 9.17) is 10.00 Å². The molecule has 7 nitrogen and oxygen atoms in total. The van der Waals surface area contributed by atoms with Gasteiger partial charge in [-0.15, -0.1) is 0 Å². The maximum absolute atomic E-state index is 15.7. The fourth-order valence-corrected chi connectivity index (χ4v) is 3.30. The number of aliphatic hydroxyl groups is 1. The first-order valence-corrected chi connectivity index (χ1v) is 9.77. The molecule has 3 unspecified atom stereocenters. The molecule has 3 atom stereocenters. The molecule has 0 radical (unpaired) electrons. The zero-order valence-corrected chi connectivity index (χ0v) is 17.2. The number of nitriles is 1. The van der Waals surface area contributed by atoms with Gasteiger partial charge in [0, 0.05) is 11.6 Å². The molecular formula is C23H15F4N5O2. The Morgan fingerprint density at radius 3 is 2.35 bits per heavy atom. The molecule has 0 spiro atoms. The number of halogens is 4. The van der Waals surface area contributed by atoms with Gasteiger partial charge in [0.25, 0.3) is 0 Å². The summed E-state index contributed by atoms with van der Waals surface area (Å²) >= 11 is 0. The quantitative estimate of drug-likeness (QED) is 0.395. The van der Waals surface area contributed by atoms with Gasteiger partial charge in [0.05, 0.1) is 23.5 Å². The Hall–Kier alpha value is -4.30. The number of pyridine rings is 1. The van der Waals surface area contributed by atoms with Crippen molar-refractivity contribution < 1.29 is 27.4 Å². The van der Waals surface area contributed by atoms with Gasteiger partial charge in [0.2, 0.25) is 6.30 Å². The van der Waals surface area contributed by atoms with E-state index in [2.05, 4.69) is 15.1 Å². The van der Waals surface area contributed by atoms with Crippen LogP contribution in [-0.4, -0.2) is 24.9 Å². The van der Waals surface area contributed by atoms with Crippen LogP contribution in [0.2, 0.25) is 0 Å². The van der Waals surface area contributed by atoms with Gasteiger partial charge in [-0.3, -0.25) is 4.98 Å². The SMILES string of the molecule is N#Cc1ccc(Oc2ccc(C(F)C(O)(c3ccc(F)cc3F)C(F)n3cncn3)nc2)cc1. The van der Waals surface area contributed by atoms with Crippen LogP contribution >= 0.6 is 0 Å².